The number of fused-ring (bicyclic) bond motifs is 4. The van der Waals surface area contributed by atoms with Crippen molar-refractivity contribution in [2.45, 2.75) is 58.5 Å². The predicted molar refractivity (Wildman–Crippen MR) is 130 cm³/mol. The maximum absolute atomic E-state index is 5.84. The average molecular weight is 412 g/mol. The Morgan fingerprint density at radius 3 is 2.58 bits per heavy atom. The van der Waals surface area contributed by atoms with E-state index in [0.717, 1.165) is 12.2 Å². The van der Waals surface area contributed by atoms with Crippen LogP contribution in [0.3, 0.4) is 0 Å². The zero-order valence-corrected chi connectivity index (χ0v) is 19.5. The number of nitrogens with one attached hydrogen (secondary N) is 1. The molecule has 5 rings (SSSR count). The summed E-state index contributed by atoms with van der Waals surface area (Å²) >= 11 is 0. The molecule has 0 fully saturated rings. The van der Waals surface area contributed by atoms with Gasteiger partial charge in [0.25, 0.3) is 0 Å². The third kappa shape index (κ3) is 3.29. The van der Waals surface area contributed by atoms with Gasteiger partial charge in [0.2, 0.25) is 0 Å². The molecular formula is C29H33NO. The van der Waals surface area contributed by atoms with Crippen LogP contribution in [-0.4, -0.2) is 18.7 Å². The molecular weight excluding hydrogens is 378 g/mol. The van der Waals surface area contributed by atoms with E-state index < -0.39 is 0 Å². The Labute approximate surface area is 186 Å². The molecule has 0 radical (unpaired) electrons. The van der Waals surface area contributed by atoms with E-state index in [1.807, 2.05) is 0 Å². The van der Waals surface area contributed by atoms with Gasteiger partial charge < -0.3 is 10.1 Å². The first-order valence-corrected chi connectivity index (χ1v) is 11.4. The molecule has 2 heteroatoms. The van der Waals surface area contributed by atoms with Crippen LogP contribution in [0.5, 0.6) is 5.75 Å². The van der Waals surface area contributed by atoms with Crippen molar-refractivity contribution in [1.82, 2.24) is 5.32 Å². The molecule has 160 valence electrons. The summed E-state index contributed by atoms with van der Waals surface area (Å²) < 4.78 is 5.84. The molecule has 0 spiro atoms. The molecule has 1 aliphatic heterocycles. The molecule has 2 nitrogen and oxygen atoms in total. The lowest BCUT2D eigenvalue weighted by molar-refractivity contribution is 0.350. The summed E-state index contributed by atoms with van der Waals surface area (Å²) in [4.78, 5) is 0. The van der Waals surface area contributed by atoms with Gasteiger partial charge in [-0.3, -0.25) is 0 Å². The van der Waals surface area contributed by atoms with E-state index in [1.54, 1.807) is 12.7 Å². The monoisotopic (exact) mass is 411 g/mol. The van der Waals surface area contributed by atoms with Gasteiger partial charge in [0.1, 0.15) is 5.75 Å². The first-order valence-electron chi connectivity index (χ1n) is 11.4. The van der Waals surface area contributed by atoms with Gasteiger partial charge in [-0.25, -0.2) is 0 Å². The fourth-order valence-corrected chi connectivity index (χ4v) is 6.02. The number of hydrogen-bond donors (Lipinski definition) is 1. The zero-order valence-electron chi connectivity index (χ0n) is 19.5. The summed E-state index contributed by atoms with van der Waals surface area (Å²) in [6.07, 6.45) is 8.17. The van der Waals surface area contributed by atoms with Crippen molar-refractivity contribution < 1.29 is 4.74 Å². The minimum Gasteiger partial charge on any atom is -0.496 e. The molecule has 3 atom stereocenters. The highest BCUT2D eigenvalue weighted by Gasteiger charge is 2.42. The van der Waals surface area contributed by atoms with Crippen LogP contribution in [0.1, 0.15) is 54.5 Å². The van der Waals surface area contributed by atoms with Crippen LogP contribution >= 0.6 is 0 Å². The standard InChI is InChI=1S/C29H33NO/c1-17-10-11-20(14-18(17)2)23-15-21-8-7-9-25(31-6)27(21)22-12-13-24-26(28(22)23)19(3)16-29(4,5)30-24/h7-14,16,23-24,26,30H,15H2,1-6H3. The van der Waals surface area contributed by atoms with Crippen molar-refractivity contribution in [3.63, 3.8) is 0 Å². The number of aryl methyl sites for hydroxylation is 2. The minimum absolute atomic E-state index is 0.00780. The number of benzene rings is 2. The maximum Gasteiger partial charge on any atom is 0.126 e. The van der Waals surface area contributed by atoms with E-state index in [1.165, 1.54) is 39.0 Å². The van der Waals surface area contributed by atoms with E-state index in [-0.39, 0.29) is 5.54 Å². The van der Waals surface area contributed by atoms with Crippen LogP contribution in [0, 0.1) is 19.8 Å². The minimum atomic E-state index is 0.00780. The first-order chi connectivity index (χ1) is 14.8. The SMILES string of the molecule is COc1cccc2c1C1=C(C(c3ccc(C)c(C)c3)C2)C2C(C)=CC(C)(C)NC2C=C1. The van der Waals surface area contributed by atoms with Crippen LogP contribution < -0.4 is 10.1 Å². The highest BCUT2D eigenvalue weighted by atomic mass is 16.5. The Balaban J connectivity index is 1.76. The maximum atomic E-state index is 5.84. The zero-order chi connectivity index (χ0) is 21.9. The van der Waals surface area contributed by atoms with Gasteiger partial charge in [-0.15, -0.1) is 0 Å². The van der Waals surface area contributed by atoms with Crippen LogP contribution in [0.2, 0.25) is 0 Å². The van der Waals surface area contributed by atoms with Gasteiger partial charge >= 0.3 is 0 Å². The van der Waals surface area contributed by atoms with Crippen molar-refractivity contribution in [3.8, 4) is 5.75 Å². The molecule has 2 aromatic rings. The Morgan fingerprint density at radius 2 is 1.84 bits per heavy atom. The quantitative estimate of drug-likeness (QED) is 0.587. The van der Waals surface area contributed by atoms with Gasteiger partial charge in [-0.2, -0.15) is 0 Å². The number of rotatable bonds is 2. The highest BCUT2D eigenvalue weighted by molar-refractivity contribution is 5.87. The Morgan fingerprint density at radius 1 is 1.03 bits per heavy atom. The second kappa shape index (κ2) is 7.24. The fourth-order valence-electron chi connectivity index (χ4n) is 6.02. The Bertz CT molecular complexity index is 1150. The van der Waals surface area contributed by atoms with E-state index >= 15 is 0 Å². The molecule has 0 bridgehead atoms. The van der Waals surface area contributed by atoms with Gasteiger partial charge in [0.05, 0.1) is 7.11 Å². The van der Waals surface area contributed by atoms with E-state index in [4.69, 9.17) is 4.74 Å². The van der Waals surface area contributed by atoms with Crippen LogP contribution in [-0.2, 0) is 6.42 Å². The summed E-state index contributed by atoms with van der Waals surface area (Å²) in [7, 11) is 1.79. The first kappa shape index (κ1) is 20.3. The Hall–Kier alpha value is -2.58. The number of methoxy groups -OCH3 is 1. The van der Waals surface area contributed by atoms with Gasteiger partial charge in [-0.05, 0) is 80.5 Å². The molecule has 3 unspecified atom stereocenters. The summed E-state index contributed by atoms with van der Waals surface area (Å²) in [6, 6.07) is 13.9. The van der Waals surface area contributed by atoms with Gasteiger partial charge in [0.15, 0.2) is 0 Å². The van der Waals surface area contributed by atoms with Gasteiger partial charge in [0, 0.05) is 29.0 Å². The predicted octanol–water partition coefficient (Wildman–Crippen LogP) is 6.29. The summed E-state index contributed by atoms with van der Waals surface area (Å²) in [5.41, 5.74) is 11.2. The average Bonchev–Trinajstić information content (AvgIpc) is 2.73. The van der Waals surface area contributed by atoms with Crippen molar-refractivity contribution in [2.75, 3.05) is 7.11 Å². The molecule has 31 heavy (non-hydrogen) atoms. The van der Waals surface area contributed by atoms with E-state index in [0.29, 0.717) is 17.9 Å². The molecule has 0 saturated carbocycles. The number of ether oxygens (including phenoxy) is 1. The summed E-state index contributed by atoms with van der Waals surface area (Å²) in [6.45, 7) is 11.3. The number of allylic oxidation sites excluding steroid dienone is 2. The van der Waals surface area contributed by atoms with Crippen molar-refractivity contribution >= 4 is 5.57 Å². The summed E-state index contributed by atoms with van der Waals surface area (Å²) in [5.74, 6) is 1.73. The van der Waals surface area contributed by atoms with E-state index in [2.05, 4.69) is 94.6 Å². The third-order valence-electron chi connectivity index (χ3n) is 7.43. The molecule has 0 amide bonds. The fraction of sp³-hybridized carbons (Fsp3) is 0.379. The lowest BCUT2D eigenvalue weighted by atomic mass is 9.64. The molecule has 1 heterocycles. The summed E-state index contributed by atoms with van der Waals surface area (Å²) in [5, 5.41) is 3.87. The van der Waals surface area contributed by atoms with Crippen molar-refractivity contribution in [2.24, 2.45) is 5.92 Å². The molecule has 2 aliphatic carbocycles. The molecule has 1 N–H and O–H groups in total. The molecule has 0 saturated heterocycles. The largest absolute Gasteiger partial charge is 0.496 e. The number of hydrogen-bond acceptors (Lipinski definition) is 2. The molecule has 0 aromatic heterocycles. The molecule has 3 aliphatic rings. The smallest absolute Gasteiger partial charge is 0.126 e. The third-order valence-corrected chi connectivity index (χ3v) is 7.43. The van der Waals surface area contributed by atoms with Crippen LogP contribution in [0.4, 0.5) is 0 Å². The normalized spacial score (nSPS) is 26.0. The lowest BCUT2D eigenvalue weighted by Gasteiger charge is -2.46. The van der Waals surface area contributed by atoms with Crippen LogP contribution in [0.25, 0.3) is 5.57 Å². The second-order valence-electron chi connectivity index (χ2n) is 10.1. The Kier molecular flexibility index (Phi) is 4.75. The highest BCUT2D eigenvalue weighted by Crippen LogP contribution is 2.52. The topological polar surface area (TPSA) is 21.3 Å². The van der Waals surface area contributed by atoms with Gasteiger partial charge in [-0.1, -0.05) is 54.1 Å². The van der Waals surface area contributed by atoms with E-state index in [9.17, 15) is 0 Å². The van der Waals surface area contributed by atoms with Crippen molar-refractivity contribution in [1.29, 1.82) is 0 Å². The van der Waals surface area contributed by atoms with Crippen LogP contribution in [0.15, 0.2) is 65.8 Å². The molecule has 2 aromatic carbocycles. The lowest BCUT2D eigenvalue weighted by Crippen LogP contribution is -2.53. The second-order valence-corrected chi connectivity index (χ2v) is 10.1. The van der Waals surface area contributed by atoms with Crippen molar-refractivity contribution in [3.05, 3.63) is 93.6 Å².